The van der Waals surface area contributed by atoms with Crippen LogP contribution in [-0.2, 0) is 10.0 Å². The Hall–Kier alpha value is -2.00. The second-order valence-electron chi connectivity index (χ2n) is 4.43. The van der Waals surface area contributed by atoms with Gasteiger partial charge < -0.3 is 4.74 Å². The van der Waals surface area contributed by atoms with E-state index < -0.39 is 16.1 Å². The largest absolute Gasteiger partial charge is 0.494 e. The van der Waals surface area contributed by atoms with E-state index in [9.17, 15) is 8.42 Å². The van der Waals surface area contributed by atoms with Gasteiger partial charge in [0.05, 0.1) is 17.5 Å². The zero-order valence-corrected chi connectivity index (χ0v) is 12.6. The highest BCUT2D eigenvalue weighted by atomic mass is 32.2. The van der Waals surface area contributed by atoms with E-state index in [-0.39, 0.29) is 10.7 Å². The van der Waals surface area contributed by atoms with Crippen LogP contribution in [0.15, 0.2) is 29.2 Å². The molecule has 9 heteroatoms. The van der Waals surface area contributed by atoms with E-state index in [1.807, 2.05) is 6.92 Å². The molecule has 1 unspecified atom stereocenters. The van der Waals surface area contributed by atoms with Crippen LogP contribution in [0.2, 0.25) is 0 Å². The summed E-state index contributed by atoms with van der Waals surface area (Å²) in [6, 6.07) is 5.67. The third kappa shape index (κ3) is 3.99. The van der Waals surface area contributed by atoms with Gasteiger partial charge in [-0.25, -0.2) is 13.1 Å². The maximum absolute atomic E-state index is 12.2. The molecule has 0 fully saturated rings. The Morgan fingerprint density at radius 1 is 1.33 bits per heavy atom. The fourth-order valence-electron chi connectivity index (χ4n) is 1.64. The van der Waals surface area contributed by atoms with E-state index in [1.165, 1.54) is 12.1 Å². The van der Waals surface area contributed by atoms with Crippen LogP contribution in [0, 0.1) is 0 Å². The van der Waals surface area contributed by atoms with E-state index in [4.69, 9.17) is 4.74 Å². The third-order valence-corrected chi connectivity index (χ3v) is 4.24. The zero-order chi connectivity index (χ0) is 15.3. The molecule has 0 spiro atoms. The zero-order valence-electron chi connectivity index (χ0n) is 11.8. The molecule has 2 rings (SSSR count). The summed E-state index contributed by atoms with van der Waals surface area (Å²) in [5.74, 6) is 0.920. The average Bonchev–Trinajstić information content (AvgIpc) is 2.99. The number of tetrazole rings is 1. The number of hydrogen-bond acceptors (Lipinski definition) is 6. The predicted molar refractivity (Wildman–Crippen MR) is 75.1 cm³/mol. The van der Waals surface area contributed by atoms with Crippen LogP contribution in [0.3, 0.4) is 0 Å². The van der Waals surface area contributed by atoms with Crippen molar-refractivity contribution in [1.82, 2.24) is 25.3 Å². The summed E-state index contributed by atoms with van der Waals surface area (Å²) in [4.78, 5) is 0.154. The monoisotopic (exact) mass is 311 g/mol. The molecule has 2 aromatic rings. The second-order valence-corrected chi connectivity index (χ2v) is 6.15. The minimum Gasteiger partial charge on any atom is -0.494 e. The highest BCUT2D eigenvalue weighted by Gasteiger charge is 2.20. The summed E-state index contributed by atoms with van der Waals surface area (Å²) < 4.78 is 32.3. The lowest BCUT2D eigenvalue weighted by molar-refractivity contribution is 0.317. The van der Waals surface area contributed by atoms with Gasteiger partial charge in [-0.2, -0.15) is 5.21 Å². The summed E-state index contributed by atoms with van der Waals surface area (Å²) in [6.07, 6.45) is 0.893. The average molecular weight is 311 g/mol. The van der Waals surface area contributed by atoms with Crippen LogP contribution < -0.4 is 9.46 Å². The smallest absolute Gasteiger partial charge is 0.241 e. The molecule has 21 heavy (non-hydrogen) atoms. The number of H-pyrrole nitrogens is 1. The van der Waals surface area contributed by atoms with Crippen molar-refractivity contribution in [1.29, 1.82) is 0 Å². The van der Waals surface area contributed by atoms with E-state index in [1.54, 1.807) is 19.1 Å². The minimum absolute atomic E-state index is 0.154. The second kappa shape index (κ2) is 6.64. The Labute approximate surface area is 123 Å². The molecule has 0 radical (unpaired) electrons. The van der Waals surface area contributed by atoms with Gasteiger partial charge in [-0.05, 0) is 37.6 Å². The number of ether oxygens (including phenoxy) is 1. The molecule has 1 atom stereocenters. The molecule has 0 aliphatic rings. The molecule has 0 saturated heterocycles. The van der Waals surface area contributed by atoms with Gasteiger partial charge in [0.2, 0.25) is 10.0 Å². The minimum atomic E-state index is -3.65. The Kier molecular flexibility index (Phi) is 4.86. The number of nitrogens with one attached hydrogen (secondary N) is 2. The summed E-state index contributed by atoms with van der Waals surface area (Å²) in [6.45, 7) is 4.24. The predicted octanol–water partition coefficient (Wildman–Crippen LogP) is 1.03. The number of aromatic nitrogens is 4. The van der Waals surface area contributed by atoms with Crippen LogP contribution in [0.4, 0.5) is 0 Å². The molecular formula is C12H17N5O3S. The Balaban J connectivity index is 2.08. The molecule has 2 N–H and O–H groups in total. The van der Waals surface area contributed by atoms with Gasteiger partial charge in [-0.1, -0.05) is 12.1 Å². The summed E-state index contributed by atoms with van der Waals surface area (Å²) in [7, 11) is -3.65. The van der Waals surface area contributed by atoms with E-state index in [2.05, 4.69) is 25.3 Å². The van der Waals surface area contributed by atoms with Crippen molar-refractivity contribution in [3.63, 3.8) is 0 Å². The molecule has 1 heterocycles. The Morgan fingerprint density at radius 3 is 2.62 bits per heavy atom. The fraction of sp³-hybridized carbons (Fsp3) is 0.417. The van der Waals surface area contributed by atoms with Gasteiger partial charge in [-0.15, -0.1) is 10.2 Å². The molecule has 8 nitrogen and oxygen atoms in total. The van der Waals surface area contributed by atoms with Crippen molar-refractivity contribution in [3.05, 3.63) is 30.1 Å². The van der Waals surface area contributed by atoms with Gasteiger partial charge in [0, 0.05) is 0 Å². The third-order valence-electron chi connectivity index (χ3n) is 2.69. The quantitative estimate of drug-likeness (QED) is 0.790. The van der Waals surface area contributed by atoms with Gasteiger partial charge in [0.1, 0.15) is 5.75 Å². The molecule has 0 aliphatic heterocycles. The number of benzene rings is 1. The standard InChI is InChI=1S/C12H17N5O3S/c1-3-8-20-10-4-6-11(7-5-10)21(18,19)15-9(2)12-13-16-17-14-12/h4-7,9,15H,3,8H2,1-2H3,(H,13,14,16,17). The first-order valence-electron chi connectivity index (χ1n) is 6.51. The van der Waals surface area contributed by atoms with Crippen LogP contribution >= 0.6 is 0 Å². The molecule has 0 saturated carbocycles. The van der Waals surface area contributed by atoms with Crippen LogP contribution in [0.5, 0.6) is 5.75 Å². The number of hydrogen-bond donors (Lipinski definition) is 2. The molecule has 1 aromatic carbocycles. The molecule has 0 amide bonds. The van der Waals surface area contributed by atoms with Crippen LogP contribution in [0.1, 0.15) is 32.1 Å². The van der Waals surface area contributed by atoms with Crippen molar-refractivity contribution in [3.8, 4) is 5.75 Å². The first kappa shape index (κ1) is 15.4. The van der Waals surface area contributed by atoms with Crippen molar-refractivity contribution >= 4 is 10.0 Å². The molecule has 0 bridgehead atoms. The normalized spacial score (nSPS) is 13.0. The first-order valence-corrected chi connectivity index (χ1v) is 8.00. The fourth-order valence-corrected chi connectivity index (χ4v) is 2.84. The Morgan fingerprint density at radius 2 is 2.05 bits per heavy atom. The first-order chi connectivity index (χ1) is 10.0. The molecular weight excluding hydrogens is 294 g/mol. The maximum Gasteiger partial charge on any atom is 0.241 e. The Bertz CT molecular complexity index is 655. The van der Waals surface area contributed by atoms with E-state index >= 15 is 0 Å². The number of sulfonamides is 1. The molecule has 1 aromatic heterocycles. The number of aromatic amines is 1. The molecule has 114 valence electrons. The topological polar surface area (TPSA) is 110 Å². The number of rotatable bonds is 7. The van der Waals surface area contributed by atoms with Crippen molar-refractivity contribution in [2.75, 3.05) is 6.61 Å². The summed E-state index contributed by atoms with van der Waals surface area (Å²) >= 11 is 0. The molecule has 0 aliphatic carbocycles. The lowest BCUT2D eigenvalue weighted by Crippen LogP contribution is -2.27. The van der Waals surface area contributed by atoms with Crippen LogP contribution in [0.25, 0.3) is 0 Å². The van der Waals surface area contributed by atoms with Crippen molar-refractivity contribution in [2.24, 2.45) is 0 Å². The van der Waals surface area contributed by atoms with E-state index in [0.29, 0.717) is 12.4 Å². The van der Waals surface area contributed by atoms with Gasteiger partial charge in [0.25, 0.3) is 0 Å². The van der Waals surface area contributed by atoms with Crippen molar-refractivity contribution < 1.29 is 13.2 Å². The maximum atomic E-state index is 12.2. The number of nitrogens with zero attached hydrogens (tertiary/aromatic N) is 3. The summed E-state index contributed by atoms with van der Waals surface area (Å²) in [5, 5.41) is 13.2. The lowest BCUT2D eigenvalue weighted by atomic mass is 10.3. The van der Waals surface area contributed by atoms with Crippen molar-refractivity contribution in [2.45, 2.75) is 31.2 Å². The summed E-state index contributed by atoms with van der Waals surface area (Å²) in [5.41, 5.74) is 0. The van der Waals surface area contributed by atoms with Gasteiger partial charge in [0.15, 0.2) is 5.82 Å². The lowest BCUT2D eigenvalue weighted by Gasteiger charge is -2.11. The van der Waals surface area contributed by atoms with Gasteiger partial charge in [-0.3, -0.25) is 0 Å². The van der Waals surface area contributed by atoms with Gasteiger partial charge >= 0.3 is 0 Å². The highest BCUT2D eigenvalue weighted by Crippen LogP contribution is 2.18. The van der Waals surface area contributed by atoms with Crippen LogP contribution in [-0.4, -0.2) is 35.6 Å². The SMILES string of the molecule is CCCOc1ccc(S(=O)(=O)NC(C)c2nn[nH]n2)cc1. The van der Waals surface area contributed by atoms with E-state index in [0.717, 1.165) is 6.42 Å². The highest BCUT2D eigenvalue weighted by molar-refractivity contribution is 7.89.